The molecule has 0 spiro atoms. The van der Waals surface area contributed by atoms with Gasteiger partial charge in [0, 0.05) is 5.56 Å². The van der Waals surface area contributed by atoms with Crippen LogP contribution >= 0.6 is 0 Å². The molecule has 2 N–H and O–H groups in total. The van der Waals surface area contributed by atoms with Crippen molar-refractivity contribution in [3.05, 3.63) is 70.8 Å². The molecule has 4 heteroatoms. The van der Waals surface area contributed by atoms with E-state index in [4.69, 9.17) is 0 Å². The minimum Gasteiger partial charge on any atom is -0.348 e. The first kappa shape index (κ1) is 16.7. The zero-order valence-electron chi connectivity index (χ0n) is 13.7. The molecule has 2 rings (SSSR count). The van der Waals surface area contributed by atoms with Crippen LogP contribution in [0.3, 0.4) is 0 Å². The Balaban J connectivity index is 1.89. The third-order valence-electron chi connectivity index (χ3n) is 3.72. The van der Waals surface area contributed by atoms with Gasteiger partial charge in [0.1, 0.15) is 0 Å². The molecule has 0 saturated heterocycles. The van der Waals surface area contributed by atoms with Gasteiger partial charge < -0.3 is 10.6 Å². The standard InChI is InChI=1S/C19H22N2O2/c1-13-9-10-14(2)17(11-13)15(3)21-18(22)12-20-19(23)16-7-5-4-6-8-16/h4-11,15H,12H2,1-3H3,(H,20,23)(H,21,22). The molecule has 120 valence electrons. The highest BCUT2D eigenvalue weighted by Gasteiger charge is 2.13. The predicted molar refractivity (Wildman–Crippen MR) is 91.2 cm³/mol. The SMILES string of the molecule is Cc1ccc(C)c(C(C)NC(=O)CNC(=O)c2ccccc2)c1. The summed E-state index contributed by atoms with van der Waals surface area (Å²) in [5, 5.41) is 5.55. The zero-order valence-corrected chi connectivity index (χ0v) is 13.7. The highest BCUT2D eigenvalue weighted by molar-refractivity contribution is 5.96. The molecule has 0 heterocycles. The van der Waals surface area contributed by atoms with Crippen molar-refractivity contribution < 1.29 is 9.59 Å². The predicted octanol–water partition coefficient (Wildman–Crippen LogP) is 2.91. The number of benzene rings is 2. The van der Waals surface area contributed by atoms with Gasteiger partial charge in [-0.3, -0.25) is 9.59 Å². The van der Waals surface area contributed by atoms with E-state index < -0.39 is 0 Å². The first-order valence-electron chi connectivity index (χ1n) is 7.67. The molecule has 0 aliphatic carbocycles. The number of amides is 2. The third-order valence-corrected chi connectivity index (χ3v) is 3.72. The van der Waals surface area contributed by atoms with E-state index in [0.717, 1.165) is 16.7 Å². The highest BCUT2D eigenvalue weighted by atomic mass is 16.2. The van der Waals surface area contributed by atoms with Crippen molar-refractivity contribution in [2.24, 2.45) is 0 Å². The number of aryl methyl sites for hydroxylation is 2. The summed E-state index contributed by atoms with van der Waals surface area (Å²) in [6.07, 6.45) is 0. The van der Waals surface area contributed by atoms with Crippen molar-refractivity contribution in [1.82, 2.24) is 10.6 Å². The van der Waals surface area contributed by atoms with E-state index in [0.29, 0.717) is 5.56 Å². The summed E-state index contributed by atoms with van der Waals surface area (Å²) in [6, 6.07) is 14.9. The van der Waals surface area contributed by atoms with Crippen LogP contribution < -0.4 is 10.6 Å². The van der Waals surface area contributed by atoms with Gasteiger partial charge in [0.25, 0.3) is 5.91 Å². The molecular formula is C19H22N2O2. The van der Waals surface area contributed by atoms with Crippen molar-refractivity contribution in [2.75, 3.05) is 6.54 Å². The Morgan fingerprint density at radius 2 is 1.74 bits per heavy atom. The summed E-state index contributed by atoms with van der Waals surface area (Å²) in [4.78, 5) is 23.9. The molecule has 23 heavy (non-hydrogen) atoms. The lowest BCUT2D eigenvalue weighted by Crippen LogP contribution is -2.38. The average molecular weight is 310 g/mol. The Bertz CT molecular complexity index is 696. The lowest BCUT2D eigenvalue weighted by molar-refractivity contribution is -0.120. The van der Waals surface area contributed by atoms with Gasteiger partial charge in [-0.1, -0.05) is 42.0 Å². The quantitative estimate of drug-likeness (QED) is 0.892. The van der Waals surface area contributed by atoms with Crippen molar-refractivity contribution >= 4 is 11.8 Å². The monoisotopic (exact) mass is 310 g/mol. The first-order valence-corrected chi connectivity index (χ1v) is 7.67. The summed E-state index contributed by atoms with van der Waals surface area (Å²) < 4.78 is 0. The summed E-state index contributed by atoms with van der Waals surface area (Å²) in [5.41, 5.74) is 3.93. The molecule has 2 aromatic carbocycles. The van der Waals surface area contributed by atoms with Crippen LogP contribution in [0.1, 0.15) is 40.0 Å². The Hall–Kier alpha value is -2.62. The minimum atomic E-state index is -0.250. The minimum absolute atomic E-state index is 0.0388. The van der Waals surface area contributed by atoms with E-state index in [1.54, 1.807) is 24.3 Å². The average Bonchev–Trinajstić information content (AvgIpc) is 2.55. The summed E-state index contributed by atoms with van der Waals surface area (Å²) in [7, 11) is 0. The lowest BCUT2D eigenvalue weighted by Gasteiger charge is -2.17. The Kier molecular flexibility index (Phi) is 5.52. The normalized spacial score (nSPS) is 11.6. The van der Waals surface area contributed by atoms with E-state index in [9.17, 15) is 9.59 Å². The van der Waals surface area contributed by atoms with E-state index in [1.165, 1.54) is 0 Å². The molecule has 4 nitrogen and oxygen atoms in total. The molecule has 0 aromatic heterocycles. The van der Waals surface area contributed by atoms with Crippen molar-refractivity contribution in [1.29, 1.82) is 0 Å². The van der Waals surface area contributed by atoms with Gasteiger partial charge in [-0.25, -0.2) is 0 Å². The Morgan fingerprint density at radius 3 is 2.43 bits per heavy atom. The van der Waals surface area contributed by atoms with Gasteiger partial charge in [0.15, 0.2) is 0 Å². The van der Waals surface area contributed by atoms with Crippen LogP contribution in [0.15, 0.2) is 48.5 Å². The zero-order chi connectivity index (χ0) is 16.8. The van der Waals surface area contributed by atoms with Crippen LogP contribution in [0.25, 0.3) is 0 Å². The van der Waals surface area contributed by atoms with Gasteiger partial charge in [-0.2, -0.15) is 0 Å². The van der Waals surface area contributed by atoms with E-state index in [2.05, 4.69) is 16.7 Å². The number of hydrogen-bond donors (Lipinski definition) is 2. The molecule has 2 amide bonds. The molecular weight excluding hydrogens is 288 g/mol. The van der Waals surface area contributed by atoms with E-state index >= 15 is 0 Å². The molecule has 1 unspecified atom stereocenters. The number of hydrogen-bond acceptors (Lipinski definition) is 2. The fraction of sp³-hybridized carbons (Fsp3) is 0.263. The second-order valence-corrected chi connectivity index (χ2v) is 5.70. The van der Waals surface area contributed by atoms with Gasteiger partial charge in [-0.15, -0.1) is 0 Å². The number of nitrogens with one attached hydrogen (secondary N) is 2. The van der Waals surface area contributed by atoms with Crippen LogP contribution in [0.4, 0.5) is 0 Å². The second kappa shape index (κ2) is 7.58. The summed E-state index contributed by atoms with van der Waals surface area (Å²) in [6.45, 7) is 5.95. The van der Waals surface area contributed by atoms with Crippen molar-refractivity contribution in [3.63, 3.8) is 0 Å². The molecule has 0 aliphatic heterocycles. The van der Waals surface area contributed by atoms with Crippen LogP contribution in [0.5, 0.6) is 0 Å². The van der Waals surface area contributed by atoms with E-state index in [-0.39, 0.29) is 24.4 Å². The number of rotatable bonds is 5. The first-order chi connectivity index (χ1) is 11.0. The largest absolute Gasteiger partial charge is 0.348 e. The maximum Gasteiger partial charge on any atom is 0.251 e. The maximum absolute atomic E-state index is 12.0. The summed E-state index contributed by atoms with van der Waals surface area (Å²) >= 11 is 0. The van der Waals surface area contributed by atoms with Crippen LogP contribution in [0.2, 0.25) is 0 Å². The molecule has 0 fully saturated rings. The van der Waals surface area contributed by atoms with Crippen LogP contribution in [-0.4, -0.2) is 18.4 Å². The molecule has 0 saturated carbocycles. The molecule has 0 radical (unpaired) electrons. The maximum atomic E-state index is 12.0. The summed E-state index contributed by atoms with van der Waals surface area (Å²) in [5.74, 6) is -0.456. The highest BCUT2D eigenvalue weighted by Crippen LogP contribution is 2.18. The van der Waals surface area contributed by atoms with Gasteiger partial charge in [0.2, 0.25) is 5.91 Å². The lowest BCUT2D eigenvalue weighted by atomic mass is 10.00. The number of carbonyl (C=O) groups excluding carboxylic acids is 2. The molecule has 1 atom stereocenters. The van der Waals surface area contributed by atoms with Crippen LogP contribution in [0, 0.1) is 13.8 Å². The Labute approximate surface area is 136 Å². The van der Waals surface area contributed by atoms with Crippen molar-refractivity contribution in [3.8, 4) is 0 Å². The number of carbonyl (C=O) groups is 2. The molecule has 2 aromatic rings. The third kappa shape index (κ3) is 4.68. The fourth-order valence-corrected chi connectivity index (χ4v) is 2.45. The topological polar surface area (TPSA) is 58.2 Å². The van der Waals surface area contributed by atoms with E-state index in [1.807, 2.05) is 39.0 Å². The van der Waals surface area contributed by atoms with Gasteiger partial charge in [0.05, 0.1) is 12.6 Å². The van der Waals surface area contributed by atoms with Crippen molar-refractivity contribution in [2.45, 2.75) is 26.8 Å². The smallest absolute Gasteiger partial charge is 0.251 e. The molecule has 0 aliphatic rings. The van der Waals surface area contributed by atoms with Gasteiger partial charge >= 0.3 is 0 Å². The second-order valence-electron chi connectivity index (χ2n) is 5.70. The molecule has 0 bridgehead atoms. The van der Waals surface area contributed by atoms with Crippen LogP contribution in [-0.2, 0) is 4.79 Å². The fourth-order valence-electron chi connectivity index (χ4n) is 2.45. The Morgan fingerprint density at radius 1 is 1.04 bits per heavy atom. The van der Waals surface area contributed by atoms with Gasteiger partial charge in [-0.05, 0) is 44.0 Å².